The van der Waals surface area contributed by atoms with Gasteiger partial charge in [0.05, 0.1) is 40.3 Å². The number of carboxylic acid groups (broad SMARTS) is 1. The molecule has 0 saturated heterocycles. The van der Waals surface area contributed by atoms with Crippen LogP contribution in [0.1, 0.15) is 29.3 Å². The minimum absolute atomic E-state index is 0.0223. The summed E-state index contributed by atoms with van der Waals surface area (Å²) < 4.78 is 30.6. The lowest BCUT2D eigenvalue weighted by atomic mass is 10.1. The Morgan fingerprint density at radius 1 is 1.03 bits per heavy atom. The maximum atomic E-state index is 12.9. The van der Waals surface area contributed by atoms with Crippen LogP contribution < -0.4 is 5.32 Å². The van der Waals surface area contributed by atoms with Gasteiger partial charge in [0.15, 0.2) is 0 Å². The number of anilines is 1. The third-order valence-electron chi connectivity index (χ3n) is 4.92. The molecule has 2 N–H and O–H groups in total. The number of aromatic carboxylic acids is 1. The summed E-state index contributed by atoms with van der Waals surface area (Å²) in [7, 11) is -2.75. The van der Waals surface area contributed by atoms with Crippen LogP contribution in [0.15, 0.2) is 75.6 Å². The number of carboxylic acids is 1. The number of hydrogen-bond acceptors (Lipinski definition) is 6. The molecule has 1 heterocycles. The Kier molecular flexibility index (Phi) is 10.3. The van der Waals surface area contributed by atoms with E-state index < -0.39 is 33.5 Å². The molecule has 1 amide bonds. The van der Waals surface area contributed by atoms with Crippen LogP contribution in [0.4, 0.5) is 5.69 Å². The van der Waals surface area contributed by atoms with Crippen LogP contribution in [0.25, 0.3) is 0 Å². The molecule has 0 aliphatic heterocycles. The quantitative estimate of drug-likeness (QED) is 0.323. The van der Waals surface area contributed by atoms with Crippen molar-refractivity contribution in [1.82, 2.24) is 4.98 Å². The van der Waals surface area contributed by atoms with Gasteiger partial charge in [0.1, 0.15) is 21.4 Å². The van der Waals surface area contributed by atoms with Gasteiger partial charge < -0.3 is 15.2 Å². The molecule has 11 heteroatoms. The summed E-state index contributed by atoms with van der Waals surface area (Å²) in [5, 5.41) is 12.2. The molecule has 190 valence electrons. The molecule has 8 nitrogen and oxygen atoms in total. The molecule has 2 unspecified atom stereocenters. The summed E-state index contributed by atoms with van der Waals surface area (Å²) in [6.07, 6.45) is 2.29. The van der Waals surface area contributed by atoms with Gasteiger partial charge in [0.2, 0.25) is 5.91 Å². The number of halogens is 1. The van der Waals surface area contributed by atoms with Gasteiger partial charge in [0.25, 0.3) is 0 Å². The standard InChI is InChI=1S/C25H25ClN2O6S2/c1-2-12-34-13-14-35(32)18-7-9-19(10-8-18)36(33)23-11-6-17(16-27-23)15-22(29)28-21-5-3-4-20(26)24(21)25(30)31/h3-11,16H,2,12-15H2,1H3,(H,28,29)(H,30,31). The molecule has 0 aliphatic carbocycles. The first kappa shape index (κ1) is 27.7. The normalized spacial score (nSPS) is 12.6. The highest BCUT2D eigenvalue weighted by Gasteiger charge is 2.17. The van der Waals surface area contributed by atoms with Gasteiger partial charge >= 0.3 is 5.97 Å². The largest absolute Gasteiger partial charge is 0.478 e. The molecule has 0 aliphatic rings. The average Bonchev–Trinajstić information content (AvgIpc) is 2.86. The maximum absolute atomic E-state index is 12.9. The summed E-state index contributed by atoms with van der Waals surface area (Å²) in [5.41, 5.74) is 0.475. The smallest absolute Gasteiger partial charge is 0.339 e. The van der Waals surface area contributed by atoms with E-state index in [1.165, 1.54) is 18.3 Å². The van der Waals surface area contributed by atoms with E-state index in [1.54, 1.807) is 42.5 Å². The molecule has 3 rings (SSSR count). The first-order valence-electron chi connectivity index (χ1n) is 11.0. The zero-order valence-electron chi connectivity index (χ0n) is 19.4. The molecule has 1 aromatic heterocycles. The second-order valence-electron chi connectivity index (χ2n) is 7.60. The molecule has 3 aromatic rings. The van der Waals surface area contributed by atoms with Crippen LogP contribution in [-0.4, -0.2) is 49.4 Å². The molecule has 0 spiro atoms. The van der Waals surface area contributed by atoms with Crippen LogP contribution in [0, 0.1) is 0 Å². The van der Waals surface area contributed by atoms with Crippen LogP contribution in [0.2, 0.25) is 5.02 Å². The summed E-state index contributed by atoms with van der Waals surface area (Å²) >= 11 is 5.93. The number of ether oxygens (including phenoxy) is 1. The highest BCUT2D eigenvalue weighted by molar-refractivity contribution is 7.85. The van der Waals surface area contributed by atoms with E-state index in [4.69, 9.17) is 16.3 Å². The van der Waals surface area contributed by atoms with E-state index in [0.717, 1.165) is 6.42 Å². The summed E-state index contributed by atoms with van der Waals surface area (Å²) in [4.78, 5) is 29.2. The highest BCUT2D eigenvalue weighted by atomic mass is 35.5. The number of carbonyl (C=O) groups excluding carboxylic acids is 1. The zero-order valence-corrected chi connectivity index (χ0v) is 21.8. The predicted octanol–water partition coefficient (Wildman–Crippen LogP) is 4.32. The Morgan fingerprint density at radius 3 is 2.39 bits per heavy atom. The Bertz CT molecular complexity index is 1270. The number of benzene rings is 2. The van der Waals surface area contributed by atoms with Crippen molar-refractivity contribution < 1.29 is 27.9 Å². The number of aromatic nitrogens is 1. The molecular formula is C25H25ClN2O6S2. The molecule has 36 heavy (non-hydrogen) atoms. The number of carbonyl (C=O) groups is 2. The monoisotopic (exact) mass is 548 g/mol. The maximum Gasteiger partial charge on any atom is 0.339 e. The van der Waals surface area contributed by atoms with Crippen LogP contribution in [0.3, 0.4) is 0 Å². The van der Waals surface area contributed by atoms with Crippen molar-refractivity contribution in [2.24, 2.45) is 0 Å². The van der Waals surface area contributed by atoms with Gasteiger partial charge in [-0.2, -0.15) is 0 Å². The van der Waals surface area contributed by atoms with Crippen LogP contribution in [-0.2, 0) is 37.6 Å². The summed E-state index contributed by atoms with van der Waals surface area (Å²) in [5.74, 6) is -1.29. The van der Waals surface area contributed by atoms with Crippen LogP contribution in [0.5, 0.6) is 0 Å². The lowest BCUT2D eigenvalue weighted by Crippen LogP contribution is -2.17. The minimum Gasteiger partial charge on any atom is -0.478 e. The number of rotatable bonds is 12. The van der Waals surface area contributed by atoms with E-state index in [-0.39, 0.29) is 22.7 Å². The van der Waals surface area contributed by atoms with Crippen molar-refractivity contribution in [2.45, 2.75) is 34.6 Å². The highest BCUT2D eigenvalue weighted by Crippen LogP contribution is 2.24. The van der Waals surface area contributed by atoms with Gasteiger partial charge in [0, 0.05) is 22.6 Å². The predicted molar refractivity (Wildman–Crippen MR) is 138 cm³/mol. The SMILES string of the molecule is CCCOCCS(=O)c1ccc(S(=O)c2ccc(CC(=O)Nc3cccc(Cl)c3C(=O)O)cn2)cc1. The number of nitrogens with zero attached hydrogens (tertiary/aromatic N) is 1. The average molecular weight is 549 g/mol. The van der Waals surface area contributed by atoms with Gasteiger partial charge in [-0.05, 0) is 54.4 Å². The van der Waals surface area contributed by atoms with Gasteiger partial charge in [-0.1, -0.05) is 30.7 Å². The molecule has 2 atom stereocenters. The molecular weight excluding hydrogens is 524 g/mol. The zero-order chi connectivity index (χ0) is 26.1. The molecule has 0 saturated carbocycles. The number of amides is 1. The fraction of sp³-hybridized carbons (Fsp3) is 0.240. The van der Waals surface area contributed by atoms with Crippen molar-refractivity contribution in [2.75, 3.05) is 24.3 Å². The first-order chi connectivity index (χ1) is 17.3. The first-order valence-corrected chi connectivity index (χ1v) is 13.9. The lowest BCUT2D eigenvalue weighted by molar-refractivity contribution is -0.115. The minimum atomic E-state index is -1.56. The topological polar surface area (TPSA) is 123 Å². The van der Waals surface area contributed by atoms with Crippen molar-refractivity contribution in [3.8, 4) is 0 Å². The number of hydrogen-bond donors (Lipinski definition) is 2. The molecule has 0 radical (unpaired) electrons. The summed E-state index contributed by atoms with van der Waals surface area (Å²) in [6.45, 7) is 3.07. The Labute approximate surface area is 219 Å². The van der Waals surface area contributed by atoms with Gasteiger partial charge in [-0.25, -0.2) is 14.0 Å². The van der Waals surface area contributed by atoms with Gasteiger partial charge in [-0.15, -0.1) is 0 Å². The second-order valence-corrected chi connectivity index (χ2v) is 11.0. The Morgan fingerprint density at radius 2 is 1.75 bits per heavy atom. The van der Waals surface area contributed by atoms with E-state index in [0.29, 0.717) is 39.3 Å². The molecule has 2 aromatic carbocycles. The van der Waals surface area contributed by atoms with E-state index >= 15 is 0 Å². The van der Waals surface area contributed by atoms with E-state index in [2.05, 4.69) is 10.3 Å². The van der Waals surface area contributed by atoms with Crippen LogP contribution >= 0.6 is 11.6 Å². The number of nitrogens with one attached hydrogen (secondary N) is 1. The Hall–Kier alpha value is -2.92. The Balaban J connectivity index is 1.60. The lowest BCUT2D eigenvalue weighted by Gasteiger charge is -2.10. The van der Waals surface area contributed by atoms with Gasteiger partial charge in [-0.3, -0.25) is 9.00 Å². The third kappa shape index (κ3) is 7.54. The van der Waals surface area contributed by atoms with E-state index in [9.17, 15) is 23.1 Å². The van der Waals surface area contributed by atoms with Crippen molar-refractivity contribution in [1.29, 1.82) is 0 Å². The second kappa shape index (κ2) is 13.4. The summed E-state index contributed by atoms with van der Waals surface area (Å²) in [6, 6.07) is 14.3. The van der Waals surface area contributed by atoms with Crippen molar-refractivity contribution in [3.63, 3.8) is 0 Å². The molecule has 0 bridgehead atoms. The number of pyridine rings is 1. The fourth-order valence-corrected chi connectivity index (χ4v) is 5.35. The van der Waals surface area contributed by atoms with Crippen molar-refractivity contribution in [3.05, 3.63) is 76.9 Å². The third-order valence-corrected chi connectivity index (χ3v) is 7.89. The molecule has 0 fully saturated rings. The fourth-order valence-electron chi connectivity index (χ4n) is 3.19. The van der Waals surface area contributed by atoms with E-state index in [1.807, 2.05) is 6.92 Å². The van der Waals surface area contributed by atoms with Crippen molar-refractivity contribution >= 4 is 50.8 Å².